The molecular formula is C14H23N3S. The minimum absolute atomic E-state index is 0.834. The van der Waals surface area contributed by atoms with Crippen LogP contribution in [0.15, 0.2) is 6.07 Å². The maximum absolute atomic E-state index is 4.59. The number of thioether (sulfide) groups is 1. The average molecular weight is 265 g/mol. The maximum Gasteiger partial charge on any atom is 0.140 e. The molecule has 18 heavy (non-hydrogen) atoms. The first-order chi connectivity index (χ1) is 8.78. The van der Waals surface area contributed by atoms with Crippen LogP contribution >= 0.6 is 11.8 Å². The predicted octanol–water partition coefficient (Wildman–Crippen LogP) is 3.78. The van der Waals surface area contributed by atoms with E-state index in [0.717, 1.165) is 41.3 Å². The van der Waals surface area contributed by atoms with E-state index in [1.165, 1.54) is 25.7 Å². The first-order valence-corrected chi connectivity index (χ1v) is 8.03. The Kier molecular flexibility index (Phi) is 5.29. The summed E-state index contributed by atoms with van der Waals surface area (Å²) in [6, 6.07) is 2.03. The van der Waals surface area contributed by atoms with Gasteiger partial charge in [-0.15, -0.1) is 0 Å². The molecule has 0 atom stereocenters. The molecule has 1 aromatic rings. The second-order valence-corrected chi connectivity index (χ2v) is 6.24. The van der Waals surface area contributed by atoms with E-state index in [1.54, 1.807) is 0 Å². The van der Waals surface area contributed by atoms with Crippen molar-refractivity contribution >= 4 is 17.6 Å². The van der Waals surface area contributed by atoms with Crippen LogP contribution in [0.3, 0.4) is 0 Å². The minimum Gasteiger partial charge on any atom is -0.370 e. The molecule has 0 spiro atoms. The Morgan fingerprint density at radius 3 is 2.83 bits per heavy atom. The highest BCUT2D eigenvalue weighted by atomic mass is 32.2. The zero-order valence-electron chi connectivity index (χ0n) is 11.4. The summed E-state index contributed by atoms with van der Waals surface area (Å²) in [7, 11) is 0. The van der Waals surface area contributed by atoms with Gasteiger partial charge in [0.2, 0.25) is 0 Å². The highest BCUT2D eigenvalue weighted by Gasteiger charge is 2.15. The molecule has 3 nitrogen and oxygen atoms in total. The highest BCUT2D eigenvalue weighted by molar-refractivity contribution is 7.99. The fourth-order valence-corrected chi connectivity index (χ4v) is 3.47. The molecule has 0 amide bonds. The summed E-state index contributed by atoms with van der Waals surface area (Å²) in [6.45, 7) is 5.19. The van der Waals surface area contributed by atoms with Crippen LogP contribution in [0.25, 0.3) is 0 Å². The smallest absolute Gasteiger partial charge is 0.140 e. The molecule has 2 rings (SSSR count). The molecule has 0 bridgehead atoms. The van der Waals surface area contributed by atoms with E-state index in [4.69, 9.17) is 0 Å². The van der Waals surface area contributed by atoms with Crippen LogP contribution in [0.2, 0.25) is 0 Å². The SMILES string of the molecule is CCCNc1cc(C)nc(CSC2CCCC2)n1. The van der Waals surface area contributed by atoms with Crippen LogP contribution in [-0.4, -0.2) is 21.8 Å². The Morgan fingerprint density at radius 1 is 1.33 bits per heavy atom. The van der Waals surface area contributed by atoms with Crippen molar-refractivity contribution in [3.8, 4) is 0 Å². The zero-order chi connectivity index (χ0) is 12.8. The summed E-state index contributed by atoms with van der Waals surface area (Å²) in [6.07, 6.45) is 6.66. The maximum atomic E-state index is 4.59. The third kappa shape index (κ3) is 4.16. The molecule has 0 saturated heterocycles. The second-order valence-electron chi connectivity index (χ2n) is 4.96. The molecule has 1 saturated carbocycles. The van der Waals surface area contributed by atoms with Crippen LogP contribution in [-0.2, 0) is 5.75 Å². The molecule has 1 heterocycles. The molecule has 1 aromatic heterocycles. The summed E-state index contributed by atoms with van der Waals surface area (Å²) >= 11 is 2.03. The van der Waals surface area contributed by atoms with Gasteiger partial charge in [0, 0.05) is 23.6 Å². The van der Waals surface area contributed by atoms with Crippen molar-refractivity contribution in [2.24, 2.45) is 0 Å². The number of aryl methyl sites for hydroxylation is 1. The second kappa shape index (κ2) is 6.98. The lowest BCUT2D eigenvalue weighted by Gasteiger charge is -2.10. The average Bonchev–Trinajstić information content (AvgIpc) is 2.86. The minimum atomic E-state index is 0.834. The molecule has 0 unspecified atom stereocenters. The largest absolute Gasteiger partial charge is 0.370 e. The molecule has 4 heteroatoms. The van der Waals surface area contributed by atoms with E-state index < -0.39 is 0 Å². The van der Waals surface area contributed by atoms with Crippen molar-refractivity contribution < 1.29 is 0 Å². The molecular weight excluding hydrogens is 242 g/mol. The van der Waals surface area contributed by atoms with Gasteiger partial charge in [-0.3, -0.25) is 0 Å². The Balaban J connectivity index is 1.91. The summed E-state index contributed by atoms with van der Waals surface area (Å²) in [5.41, 5.74) is 1.06. The monoisotopic (exact) mass is 265 g/mol. The van der Waals surface area contributed by atoms with Gasteiger partial charge in [0.15, 0.2) is 0 Å². The normalized spacial score (nSPS) is 16.1. The predicted molar refractivity (Wildman–Crippen MR) is 79.1 cm³/mol. The lowest BCUT2D eigenvalue weighted by atomic mass is 10.4. The van der Waals surface area contributed by atoms with Crippen molar-refractivity contribution in [1.82, 2.24) is 9.97 Å². The Morgan fingerprint density at radius 2 is 2.11 bits per heavy atom. The standard InChI is InChI=1S/C14H23N3S/c1-3-8-15-13-9-11(2)16-14(17-13)10-18-12-6-4-5-7-12/h9,12H,3-8,10H2,1-2H3,(H,15,16,17). The third-order valence-corrected chi connectivity index (χ3v) is 4.57. The van der Waals surface area contributed by atoms with Gasteiger partial charge in [0.05, 0.1) is 5.75 Å². The summed E-state index contributed by atoms with van der Waals surface area (Å²) in [4.78, 5) is 9.12. The number of nitrogens with zero attached hydrogens (tertiary/aromatic N) is 2. The zero-order valence-corrected chi connectivity index (χ0v) is 12.2. The van der Waals surface area contributed by atoms with E-state index in [9.17, 15) is 0 Å². The summed E-state index contributed by atoms with van der Waals surface area (Å²) < 4.78 is 0. The van der Waals surface area contributed by atoms with Gasteiger partial charge in [-0.1, -0.05) is 19.8 Å². The van der Waals surface area contributed by atoms with Crippen LogP contribution in [0.1, 0.15) is 50.5 Å². The van der Waals surface area contributed by atoms with Crippen molar-refractivity contribution in [3.05, 3.63) is 17.6 Å². The van der Waals surface area contributed by atoms with Gasteiger partial charge >= 0.3 is 0 Å². The number of anilines is 1. The molecule has 1 aliphatic rings. The molecule has 0 radical (unpaired) electrons. The van der Waals surface area contributed by atoms with E-state index >= 15 is 0 Å². The lowest BCUT2D eigenvalue weighted by molar-refractivity contribution is 0.886. The van der Waals surface area contributed by atoms with Gasteiger partial charge in [-0.2, -0.15) is 11.8 Å². The van der Waals surface area contributed by atoms with E-state index in [2.05, 4.69) is 22.2 Å². The third-order valence-electron chi connectivity index (χ3n) is 3.21. The first kappa shape index (κ1) is 13.7. The van der Waals surface area contributed by atoms with Gasteiger partial charge in [0.25, 0.3) is 0 Å². The van der Waals surface area contributed by atoms with Crippen LogP contribution < -0.4 is 5.32 Å². The van der Waals surface area contributed by atoms with Gasteiger partial charge in [0.1, 0.15) is 11.6 Å². The van der Waals surface area contributed by atoms with Gasteiger partial charge in [-0.05, 0) is 26.2 Å². The summed E-state index contributed by atoms with van der Waals surface area (Å²) in [5.74, 6) is 2.91. The molecule has 1 fully saturated rings. The topological polar surface area (TPSA) is 37.8 Å². The van der Waals surface area contributed by atoms with Crippen LogP contribution in [0.4, 0.5) is 5.82 Å². The van der Waals surface area contributed by atoms with Crippen molar-refractivity contribution in [1.29, 1.82) is 0 Å². The van der Waals surface area contributed by atoms with Crippen LogP contribution in [0.5, 0.6) is 0 Å². The van der Waals surface area contributed by atoms with E-state index in [1.807, 2.05) is 24.8 Å². The first-order valence-electron chi connectivity index (χ1n) is 6.98. The fraction of sp³-hybridized carbons (Fsp3) is 0.714. The Hall–Kier alpha value is -0.770. The number of hydrogen-bond donors (Lipinski definition) is 1. The molecule has 100 valence electrons. The molecule has 1 N–H and O–H groups in total. The van der Waals surface area contributed by atoms with E-state index in [-0.39, 0.29) is 0 Å². The van der Waals surface area contributed by atoms with Crippen molar-refractivity contribution in [2.75, 3.05) is 11.9 Å². The molecule has 1 aliphatic carbocycles. The van der Waals surface area contributed by atoms with Crippen molar-refractivity contribution in [2.45, 2.75) is 57.0 Å². The fourth-order valence-electron chi connectivity index (χ4n) is 2.29. The quantitative estimate of drug-likeness (QED) is 0.849. The van der Waals surface area contributed by atoms with Crippen molar-refractivity contribution in [3.63, 3.8) is 0 Å². The number of aromatic nitrogens is 2. The highest BCUT2D eigenvalue weighted by Crippen LogP contribution is 2.31. The number of nitrogens with one attached hydrogen (secondary N) is 1. The molecule has 0 aromatic carbocycles. The van der Waals surface area contributed by atoms with Gasteiger partial charge < -0.3 is 5.32 Å². The Bertz CT molecular complexity index is 375. The lowest BCUT2D eigenvalue weighted by Crippen LogP contribution is -2.06. The Labute approximate surface area is 114 Å². The van der Waals surface area contributed by atoms with Crippen LogP contribution in [0, 0.1) is 6.92 Å². The molecule has 0 aliphatic heterocycles. The van der Waals surface area contributed by atoms with Gasteiger partial charge in [-0.25, -0.2) is 9.97 Å². The number of rotatable bonds is 6. The van der Waals surface area contributed by atoms with E-state index in [0.29, 0.717) is 0 Å². The number of hydrogen-bond acceptors (Lipinski definition) is 4. The summed E-state index contributed by atoms with van der Waals surface area (Å²) in [5, 5.41) is 4.18.